The zero-order valence-corrected chi connectivity index (χ0v) is 9.45. The van der Waals surface area contributed by atoms with Crippen LogP contribution in [0.3, 0.4) is 0 Å². The maximum Gasteiger partial charge on any atom is 0.151 e. The van der Waals surface area contributed by atoms with E-state index in [1.165, 1.54) is 0 Å². The average Bonchev–Trinajstić information content (AvgIpc) is 2.81. The van der Waals surface area contributed by atoms with Gasteiger partial charge in [0, 0.05) is 17.3 Å². The molecule has 3 rings (SSSR count). The van der Waals surface area contributed by atoms with Crippen LogP contribution in [0, 0.1) is 0 Å². The van der Waals surface area contributed by atoms with E-state index in [-0.39, 0.29) is 5.75 Å². The van der Waals surface area contributed by atoms with E-state index in [4.69, 9.17) is 0 Å². The van der Waals surface area contributed by atoms with Gasteiger partial charge in [-0.2, -0.15) is 0 Å². The van der Waals surface area contributed by atoms with Crippen molar-refractivity contribution in [2.24, 2.45) is 0 Å². The molecule has 4 heteroatoms. The Bertz CT molecular complexity index is 731. The van der Waals surface area contributed by atoms with E-state index in [9.17, 15) is 9.90 Å². The molecule has 0 atom stereocenters. The summed E-state index contributed by atoms with van der Waals surface area (Å²) in [5.41, 5.74) is 2.29. The Morgan fingerprint density at radius 2 is 2.11 bits per heavy atom. The van der Waals surface area contributed by atoms with Gasteiger partial charge in [-0.3, -0.25) is 9.20 Å². The number of aromatic nitrogens is 2. The van der Waals surface area contributed by atoms with Crippen molar-refractivity contribution in [2.45, 2.75) is 0 Å². The SMILES string of the molecule is O=Cc1ccc2cnc(-c3cccc(O)c3)n2c1. The summed E-state index contributed by atoms with van der Waals surface area (Å²) in [5, 5.41) is 9.49. The fourth-order valence-corrected chi connectivity index (χ4v) is 1.94. The van der Waals surface area contributed by atoms with Gasteiger partial charge >= 0.3 is 0 Å². The number of phenolic OH excluding ortho intramolecular Hbond substituents is 1. The van der Waals surface area contributed by atoms with Gasteiger partial charge in [-0.25, -0.2) is 4.98 Å². The highest BCUT2D eigenvalue weighted by molar-refractivity contribution is 5.76. The quantitative estimate of drug-likeness (QED) is 0.698. The third kappa shape index (κ3) is 1.64. The Hall–Kier alpha value is -2.62. The van der Waals surface area contributed by atoms with Crippen LogP contribution in [0.5, 0.6) is 5.75 Å². The molecule has 0 amide bonds. The third-order valence-electron chi connectivity index (χ3n) is 2.79. The van der Waals surface area contributed by atoms with E-state index in [0.29, 0.717) is 11.4 Å². The number of aldehydes is 1. The number of pyridine rings is 1. The van der Waals surface area contributed by atoms with E-state index in [1.54, 1.807) is 36.7 Å². The van der Waals surface area contributed by atoms with E-state index in [0.717, 1.165) is 17.4 Å². The van der Waals surface area contributed by atoms with Gasteiger partial charge in [0.15, 0.2) is 6.29 Å². The van der Waals surface area contributed by atoms with Gasteiger partial charge in [0.1, 0.15) is 11.6 Å². The number of nitrogens with zero attached hydrogens (tertiary/aromatic N) is 2. The molecule has 0 aliphatic heterocycles. The highest BCUT2D eigenvalue weighted by Crippen LogP contribution is 2.23. The molecule has 2 aromatic heterocycles. The van der Waals surface area contributed by atoms with E-state index >= 15 is 0 Å². The van der Waals surface area contributed by atoms with E-state index in [1.807, 2.05) is 16.5 Å². The van der Waals surface area contributed by atoms with Gasteiger partial charge in [-0.1, -0.05) is 12.1 Å². The molecular formula is C14H10N2O2. The molecule has 0 unspecified atom stereocenters. The summed E-state index contributed by atoms with van der Waals surface area (Å²) in [7, 11) is 0. The van der Waals surface area contributed by atoms with Gasteiger partial charge in [0.05, 0.1) is 11.7 Å². The monoisotopic (exact) mass is 238 g/mol. The zero-order chi connectivity index (χ0) is 12.5. The first-order chi connectivity index (χ1) is 8.78. The second kappa shape index (κ2) is 4.00. The minimum Gasteiger partial charge on any atom is -0.508 e. The summed E-state index contributed by atoms with van der Waals surface area (Å²) in [6.07, 6.45) is 4.26. The first-order valence-electron chi connectivity index (χ1n) is 5.49. The summed E-state index contributed by atoms with van der Waals surface area (Å²) in [5.74, 6) is 0.889. The average molecular weight is 238 g/mol. The molecule has 2 heterocycles. The van der Waals surface area contributed by atoms with E-state index < -0.39 is 0 Å². The summed E-state index contributed by atoms with van der Waals surface area (Å²) in [6, 6.07) is 10.5. The van der Waals surface area contributed by atoms with Crippen LogP contribution in [0.1, 0.15) is 10.4 Å². The lowest BCUT2D eigenvalue weighted by Gasteiger charge is -2.02. The molecule has 0 saturated heterocycles. The molecule has 0 spiro atoms. The predicted molar refractivity (Wildman–Crippen MR) is 67.7 cm³/mol. The molecule has 4 nitrogen and oxygen atoms in total. The van der Waals surface area contributed by atoms with Crippen LogP contribution in [0.15, 0.2) is 48.8 Å². The molecule has 3 aromatic rings. The van der Waals surface area contributed by atoms with Crippen LogP contribution in [0.2, 0.25) is 0 Å². The molecule has 0 radical (unpaired) electrons. The number of benzene rings is 1. The lowest BCUT2D eigenvalue weighted by molar-refractivity contribution is 0.112. The number of imidazole rings is 1. The highest BCUT2D eigenvalue weighted by atomic mass is 16.3. The van der Waals surface area contributed by atoms with Crippen molar-refractivity contribution in [1.29, 1.82) is 0 Å². The van der Waals surface area contributed by atoms with Crippen molar-refractivity contribution in [3.63, 3.8) is 0 Å². The molecule has 1 aromatic carbocycles. The van der Waals surface area contributed by atoms with Crippen LogP contribution < -0.4 is 0 Å². The molecule has 0 saturated carbocycles. The van der Waals surface area contributed by atoms with Crippen molar-refractivity contribution in [3.8, 4) is 17.1 Å². The summed E-state index contributed by atoms with van der Waals surface area (Å²) < 4.78 is 1.83. The third-order valence-corrected chi connectivity index (χ3v) is 2.79. The Morgan fingerprint density at radius 1 is 1.22 bits per heavy atom. The fraction of sp³-hybridized carbons (Fsp3) is 0. The lowest BCUT2D eigenvalue weighted by Crippen LogP contribution is -1.91. The van der Waals surface area contributed by atoms with Crippen LogP contribution >= 0.6 is 0 Å². The maximum absolute atomic E-state index is 10.8. The second-order valence-corrected chi connectivity index (χ2v) is 4.01. The molecule has 88 valence electrons. The van der Waals surface area contributed by atoms with Gasteiger partial charge in [-0.15, -0.1) is 0 Å². The van der Waals surface area contributed by atoms with Crippen molar-refractivity contribution in [1.82, 2.24) is 9.38 Å². The van der Waals surface area contributed by atoms with Gasteiger partial charge < -0.3 is 5.11 Å². The molecule has 0 fully saturated rings. The van der Waals surface area contributed by atoms with Crippen LogP contribution in [0.25, 0.3) is 16.9 Å². The highest BCUT2D eigenvalue weighted by Gasteiger charge is 2.07. The Labute approximate surface area is 103 Å². The summed E-state index contributed by atoms with van der Waals surface area (Å²) >= 11 is 0. The minimum absolute atomic E-state index is 0.191. The molecule has 0 bridgehead atoms. The first-order valence-corrected chi connectivity index (χ1v) is 5.49. The molecule has 0 aliphatic carbocycles. The summed E-state index contributed by atoms with van der Waals surface area (Å²) in [4.78, 5) is 15.1. The number of aromatic hydroxyl groups is 1. The number of carbonyl (C=O) groups excluding carboxylic acids is 1. The maximum atomic E-state index is 10.8. The normalized spacial score (nSPS) is 10.7. The van der Waals surface area contributed by atoms with Crippen molar-refractivity contribution in [3.05, 3.63) is 54.4 Å². The first kappa shape index (κ1) is 10.5. The molecule has 0 aliphatic rings. The van der Waals surface area contributed by atoms with Crippen LogP contribution in [-0.4, -0.2) is 20.8 Å². The number of hydrogen-bond donors (Lipinski definition) is 1. The second-order valence-electron chi connectivity index (χ2n) is 4.01. The van der Waals surface area contributed by atoms with E-state index in [2.05, 4.69) is 4.98 Å². The summed E-state index contributed by atoms with van der Waals surface area (Å²) in [6.45, 7) is 0. The van der Waals surface area contributed by atoms with Gasteiger partial charge in [0.2, 0.25) is 0 Å². The minimum atomic E-state index is 0.191. The molecular weight excluding hydrogens is 228 g/mol. The topological polar surface area (TPSA) is 54.6 Å². The molecule has 1 N–H and O–H groups in total. The zero-order valence-electron chi connectivity index (χ0n) is 9.45. The number of rotatable bonds is 2. The lowest BCUT2D eigenvalue weighted by atomic mass is 10.2. The Balaban J connectivity index is 2.26. The largest absolute Gasteiger partial charge is 0.508 e. The fourth-order valence-electron chi connectivity index (χ4n) is 1.94. The van der Waals surface area contributed by atoms with Gasteiger partial charge in [0.25, 0.3) is 0 Å². The van der Waals surface area contributed by atoms with Crippen LogP contribution in [0.4, 0.5) is 0 Å². The Morgan fingerprint density at radius 3 is 2.89 bits per heavy atom. The standard InChI is InChI=1S/C14H10N2O2/c17-9-10-4-5-12-7-15-14(16(12)8-10)11-2-1-3-13(18)6-11/h1-9,18H. The number of phenols is 1. The van der Waals surface area contributed by atoms with Crippen molar-refractivity contribution >= 4 is 11.8 Å². The van der Waals surface area contributed by atoms with Gasteiger partial charge in [-0.05, 0) is 24.3 Å². The van der Waals surface area contributed by atoms with Crippen LogP contribution in [-0.2, 0) is 0 Å². The van der Waals surface area contributed by atoms with Crippen molar-refractivity contribution < 1.29 is 9.90 Å². The number of carbonyl (C=O) groups is 1. The van der Waals surface area contributed by atoms with Crippen molar-refractivity contribution in [2.75, 3.05) is 0 Å². The number of fused-ring (bicyclic) bond motifs is 1. The molecule has 18 heavy (non-hydrogen) atoms. The number of hydrogen-bond acceptors (Lipinski definition) is 3. The smallest absolute Gasteiger partial charge is 0.151 e. The predicted octanol–water partition coefficient (Wildman–Crippen LogP) is 2.52. The Kier molecular flexibility index (Phi) is 2.34.